The van der Waals surface area contributed by atoms with E-state index >= 15 is 0 Å². The van der Waals surface area contributed by atoms with Gasteiger partial charge in [-0.2, -0.15) is 0 Å². The van der Waals surface area contributed by atoms with Gasteiger partial charge in [0.05, 0.1) is 6.61 Å². The number of hydrogen-bond acceptors (Lipinski definition) is 2. The molecule has 11 heavy (non-hydrogen) atoms. The molecule has 0 heterocycles. The number of hydrogen-bond donors (Lipinski definition) is 1. The molecule has 64 valence electrons. The molecule has 0 aliphatic rings. The van der Waals surface area contributed by atoms with Gasteiger partial charge in [-0.3, -0.25) is 4.79 Å². The minimum atomic E-state index is -0.0847. The maximum Gasteiger partial charge on any atom is 0.246 e. The molecule has 0 saturated carbocycles. The van der Waals surface area contributed by atoms with Gasteiger partial charge in [-0.25, -0.2) is 0 Å². The van der Waals surface area contributed by atoms with Crippen molar-refractivity contribution in [1.82, 2.24) is 4.90 Å². The Morgan fingerprint density at radius 2 is 2.36 bits per heavy atom. The van der Waals surface area contributed by atoms with Crippen LogP contribution in [-0.2, 0) is 4.79 Å². The van der Waals surface area contributed by atoms with E-state index in [0.717, 1.165) is 0 Å². The molecular formula is C7H12BrNO2. The Bertz CT molecular complexity index is 147. The summed E-state index contributed by atoms with van der Waals surface area (Å²) in [5, 5.41) is 9.16. The molecular weight excluding hydrogens is 210 g/mol. The summed E-state index contributed by atoms with van der Waals surface area (Å²) < 4.78 is 0. The normalized spacial score (nSPS) is 10.5. The topological polar surface area (TPSA) is 40.5 Å². The van der Waals surface area contributed by atoms with E-state index in [9.17, 15) is 4.79 Å². The summed E-state index contributed by atoms with van der Waals surface area (Å²) in [4.78, 5) is 12.5. The first-order valence-electron chi connectivity index (χ1n) is 3.30. The molecule has 0 rings (SSSR count). The zero-order valence-electron chi connectivity index (χ0n) is 6.46. The molecule has 4 heteroatoms. The van der Waals surface area contributed by atoms with Crippen molar-refractivity contribution in [3.63, 3.8) is 0 Å². The van der Waals surface area contributed by atoms with Crippen LogP contribution in [0.15, 0.2) is 12.2 Å². The Labute approximate surface area is 74.8 Å². The number of alkyl halides is 1. The standard InChI is InChI=1S/C7H12BrNO2/c1-9(5-6-10)7(11)3-2-4-8/h2-3,10H,4-6H2,1H3/b3-2+. The Balaban J connectivity index is 3.72. The highest BCUT2D eigenvalue weighted by molar-refractivity contribution is 9.09. The number of allylic oxidation sites excluding steroid dienone is 1. The zero-order chi connectivity index (χ0) is 8.69. The van der Waals surface area contributed by atoms with Gasteiger partial charge >= 0.3 is 0 Å². The Kier molecular flexibility index (Phi) is 6.16. The molecule has 0 radical (unpaired) electrons. The van der Waals surface area contributed by atoms with E-state index < -0.39 is 0 Å². The van der Waals surface area contributed by atoms with Gasteiger partial charge in [0, 0.05) is 18.9 Å². The second kappa shape index (κ2) is 6.37. The summed E-state index contributed by atoms with van der Waals surface area (Å²) in [5.41, 5.74) is 0. The van der Waals surface area contributed by atoms with Crippen molar-refractivity contribution < 1.29 is 9.90 Å². The lowest BCUT2D eigenvalue weighted by atomic mass is 10.4. The predicted octanol–water partition coefficient (Wildman–Crippen LogP) is 0.388. The van der Waals surface area contributed by atoms with Gasteiger partial charge < -0.3 is 10.0 Å². The fourth-order valence-corrected chi connectivity index (χ4v) is 0.720. The van der Waals surface area contributed by atoms with Crippen molar-refractivity contribution >= 4 is 21.8 Å². The monoisotopic (exact) mass is 221 g/mol. The highest BCUT2D eigenvalue weighted by atomic mass is 79.9. The summed E-state index contributed by atoms with van der Waals surface area (Å²) in [6, 6.07) is 0. The lowest BCUT2D eigenvalue weighted by molar-refractivity contribution is -0.125. The maximum absolute atomic E-state index is 11.0. The van der Waals surface area contributed by atoms with E-state index in [-0.39, 0.29) is 12.5 Å². The average Bonchev–Trinajstić information content (AvgIpc) is 2.00. The van der Waals surface area contributed by atoms with E-state index in [0.29, 0.717) is 11.9 Å². The molecule has 0 atom stereocenters. The van der Waals surface area contributed by atoms with E-state index in [1.165, 1.54) is 11.0 Å². The SMILES string of the molecule is CN(CCO)C(=O)/C=C/CBr. The number of amides is 1. The highest BCUT2D eigenvalue weighted by Crippen LogP contribution is 1.88. The molecule has 0 aliphatic heterocycles. The third-order valence-electron chi connectivity index (χ3n) is 1.16. The van der Waals surface area contributed by atoms with Gasteiger partial charge in [0.1, 0.15) is 0 Å². The van der Waals surface area contributed by atoms with Crippen LogP contribution in [0, 0.1) is 0 Å². The van der Waals surface area contributed by atoms with Gasteiger partial charge in [0.2, 0.25) is 5.91 Å². The molecule has 0 spiro atoms. The minimum Gasteiger partial charge on any atom is -0.395 e. The predicted molar refractivity (Wildman–Crippen MR) is 47.7 cm³/mol. The van der Waals surface area contributed by atoms with E-state index in [2.05, 4.69) is 15.9 Å². The third-order valence-corrected chi connectivity index (χ3v) is 1.53. The zero-order valence-corrected chi connectivity index (χ0v) is 8.04. The molecule has 0 saturated heterocycles. The van der Waals surface area contributed by atoms with Gasteiger partial charge in [0.25, 0.3) is 0 Å². The van der Waals surface area contributed by atoms with Crippen molar-refractivity contribution in [2.45, 2.75) is 0 Å². The molecule has 1 N–H and O–H groups in total. The molecule has 0 aromatic rings. The first kappa shape index (κ1) is 10.7. The van der Waals surface area contributed by atoms with Gasteiger partial charge in [-0.1, -0.05) is 22.0 Å². The van der Waals surface area contributed by atoms with E-state index in [4.69, 9.17) is 5.11 Å². The summed E-state index contributed by atoms with van der Waals surface area (Å²) in [6.45, 7) is 0.385. The molecule has 0 aromatic carbocycles. The van der Waals surface area contributed by atoms with Crippen LogP contribution >= 0.6 is 15.9 Å². The Hall–Kier alpha value is -0.350. The summed E-state index contributed by atoms with van der Waals surface area (Å²) in [7, 11) is 1.65. The lowest BCUT2D eigenvalue weighted by Crippen LogP contribution is -2.27. The van der Waals surface area contributed by atoms with Crippen LogP contribution in [0.3, 0.4) is 0 Å². The van der Waals surface area contributed by atoms with Crippen molar-refractivity contribution in [3.8, 4) is 0 Å². The second-order valence-corrected chi connectivity index (χ2v) is 2.69. The van der Waals surface area contributed by atoms with Crippen molar-refractivity contribution in [2.24, 2.45) is 0 Å². The molecule has 0 fully saturated rings. The van der Waals surface area contributed by atoms with Gasteiger partial charge in [-0.05, 0) is 6.08 Å². The number of likely N-dealkylation sites (N-methyl/N-ethyl adjacent to an activating group) is 1. The molecule has 0 unspecified atom stereocenters. The van der Waals surface area contributed by atoms with Crippen LogP contribution in [0.2, 0.25) is 0 Å². The van der Waals surface area contributed by atoms with Crippen LogP contribution in [0.25, 0.3) is 0 Å². The Morgan fingerprint density at radius 3 is 2.82 bits per heavy atom. The first-order chi connectivity index (χ1) is 5.22. The number of nitrogens with zero attached hydrogens (tertiary/aromatic N) is 1. The van der Waals surface area contributed by atoms with Crippen molar-refractivity contribution in [3.05, 3.63) is 12.2 Å². The van der Waals surface area contributed by atoms with Crippen LogP contribution < -0.4 is 0 Å². The second-order valence-electron chi connectivity index (χ2n) is 2.04. The fourth-order valence-electron chi connectivity index (χ4n) is 0.533. The molecule has 0 bridgehead atoms. The summed E-state index contributed by atoms with van der Waals surface area (Å²) >= 11 is 3.16. The molecule has 0 aromatic heterocycles. The number of carbonyl (C=O) groups excluding carboxylic acids is 1. The summed E-state index contributed by atoms with van der Waals surface area (Å²) in [6.07, 6.45) is 3.20. The number of halogens is 1. The van der Waals surface area contributed by atoms with Crippen molar-refractivity contribution in [2.75, 3.05) is 25.5 Å². The molecule has 0 aliphatic carbocycles. The smallest absolute Gasteiger partial charge is 0.246 e. The van der Waals surface area contributed by atoms with Crippen LogP contribution in [0.4, 0.5) is 0 Å². The van der Waals surface area contributed by atoms with Gasteiger partial charge in [-0.15, -0.1) is 0 Å². The maximum atomic E-state index is 11.0. The molecule has 1 amide bonds. The minimum absolute atomic E-state index is 0.00436. The van der Waals surface area contributed by atoms with Crippen LogP contribution in [0.1, 0.15) is 0 Å². The van der Waals surface area contributed by atoms with Crippen LogP contribution in [-0.4, -0.2) is 41.4 Å². The number of rotatable bonds is 4. The molecule has 3 nitrogen and oxygen atoms in total. The Morgan fingerprint density at radius 1 is 1.73 bits per heavy atom. The van der Waals surface area contributed by atoms with Gasteiger partial charge in [0.15, 0.2) is 0 Å². The first-order valence-corrected chi connectivity index (χ1v) is 4.43. The lowest BCUT2D eigenvalue weighted by Gasteiger charge is -2.12. The average molecular weight is 222 g/mol. The highest BCUT2D eigenvalue weighted by Gasteiger charge is 2.01. The fraction of sp³-hybridized carbons (Fsp3) is 0.571. The van der Waals surface area contributed by atoms with E-state index in [1.54, 1.807) is 13.1 Å². The number of carbonyl (C=O) groups is 1. The number of aliphatic hydroxyl groups is 1. The third kappa shape index (κ3) is 4.98. The quantitative estimate of drug-likeness (QED) is 0.552. The largest absolute Gasteiger partial charge is 0.395 e. The van der Waals surface area contributed by atoms with E-state index in [1.807, 2.05) is 0 Å². The van der Waals surface area contributed by atoms with Crippen LogP contribution in [0.5, 0.6) is 0 Å². The number of aliphatic hydroxyl groups excluding tert-OH is 1. The summed E-state index contributed by atoms with van der Waals surface area (Å²) in [5.74, 6) is -0.0847. The van der Waals surface area contributed by atoms with Crippen molar-refractivity contribution in [1.29, 1.82) is 0 Å².